The number of carbonyl (C=O) groups is 3. The van der Waals surface area contributed by atoms with Crippen molar-refractivity contribution in [2.45, 2.75) is 20.4 Å². The van der Waals surface area contributed by atoms with Gasteiger partial charge >= 0.3 is 6.03 Å². The van der Waals surface area contributed by atoms with Gasteiger partial charge in [0.2, 0.25) is 17.7 Å². The fourth-order valence-corrected chi connectivity index (χ4v) is 1.80. The molecule has 1 aromatic heterocycles. The highest BCUT2D eigenvalue weighted by molar-refractivity contribution is 6.18. The zero-order valence-corrected chi connectivity index (χ0v) is 11.5. The molecule has 0 saturated carbocycles. The average Bonchev–Trinajstić information content (AvgIpc) is 2.43. The molecule has 1 aliphatic rings. The summed E-state index contributed by atoms with van der Waals surface area (Å²) < 4.78 is 4.93. The molecule has 1 aromatic rings. The summed E-state index contributed by atoms with van der Waals surface area (Å²) in [4.78, 5) is 40.6. The molecule has 0 aromatic carbocycles. The minimum Gasteiger partial charge on any atom is -0.481 e. The maximum absolute atomic E-state index is 12.2. The van der Waals surface area contributed by atoms with E-state index in [4.69, 9.17) is 4.74 Å². The van der Waals surface area contributed by atoms with Crippen LogP contribution in [0, 0.1) is 5.41 Å². The van der Waals surface area contributed by atoms with Gasteiger partial charge in [0.15, 0.2) is 0 Å². The highest BCUT2D eigenvalue weighted by Gasteiger charge is 2.46. The Morgan fingerprint density at radius 3 is 2.55 bits per heavy atom. The Bertz CT molecular complexity index is 565. The first kappa shape index (κ1) is 14.0. The van der Waals surface area contributed by atoms with Crippen LogP contribution in [0.15, 0.2) is 18.3 Å². The Labute approximate surface area is 115 Å². The summed E-state index contributed by atoms with van der Waals surface area (Å²) in [7, 11) is 1.50. The highest BCUT2D eigenvalue weighted by Crippen LogP contribution is 2.24. The van der Waals surface area contributed by atoms with Crippen LogP contribution in [-0.2, 0) is 16.1 Å². The smallest absolute Gasteiger partial charge is 0.331 e. The van der Waals surface area contributed by atoms with E-state index in [0.717, 1.165) is 4.90 Å². The van der Waals surface area contributed by atoms with Gasteiger partial charge in [-0.25, -0.2) is 9.78 Å². The van der Waals surface area contributed by atoms with Gasteiger partial charge < -0.3 is 4.74 Å². The molecule has 0 radical (unpaired) electrons. The summed E-state index contributed by atoms with van der Waals surface area (Å²) in [6, 6.07) is 2.63. The molecule has 0 atom stereocenters. The molecule has 2 rings (SSSR count). The number of amides is 4. The molecule has 1 N–H and O–H groups in total. The van der Waals surface area contributed by atoms with E-state index in [2.05, 4.69) is 10.3 Å². The molecule has 0 spiro atoms. The number of pyridine rings is 1. The van der Waals surface area contributed by atoms with Crippen LogP contribution in [0.5, 0.6) is 5.88 Å². The van der Waals surface area contributed by atoms with E-state index in [-0.39, 0.29) is 6.54 Å². The van der Waals surface area contributed by atoms with E-state index >= 15 is 0 Å². The molecular formula is C13H15N3O4. The van der Waals surface area contributed by atoms with Gasteiger partial charge in [-0.15, -0.1) is 0 Å². The van der Waals surface area contributed by atoms with E-state index in [0.29, 0.717) is 11.4 Å². The molecule has 0 bridgehead atoms. The maximum atomic E-state index is 12.2. The standard InChI is InChI=1S/C13H15N3O4/c1-13(2)10(17)15-12(19)16(11(13)18)7-8-4-5-9(20-3)14-6-8/h4-6H,7H2,1-3H3,(H,15,17,19). The number of nitrogens with one attached hydrogen (secondary N) is 1. The highest BCUT2D eigenvalue weighted by atomic mass is 16.5. The maximum Gasteiger partial charge on any atom is 0.331 e. The van der Waals surface area contributed by atoms with Crippen LogP contribution in [0.25, 0.3) is 0 Å². The topological polar surface area (TPSA) is 88.6 Å². The lowest BCUT2D eigenvalue weighted by Crippen LogP contribution is -2.61. The zero-order valence-electron chi connectivity index (χ0n) is 11.5. The third-order valence-corrected chi connectivity index (χ3v) is 3.16. The van der Waals surface area contributed by atoms with Crippen molar-refractivity contribution >= 4 is 17.8 Å². The minimum absolute atomic E-state index is 0.0539. The summed E-state index contributed by atoms with van der Waals surface area (Å²) in [5.74, 6) is -0.669. The third kappa shape index (κ3) is 2.34. The number of aromatic nitrogens is 1. The molecule has 0 aliphatic carbocycles. The Morgan fingerprint density at radius 1 is 1.30 bits per heavy atom. The second kappa shape index (κ2) is 4.92. The fraction of sp³-hybridized carbons (Fsp3) is 0.385. The molecule has 20 heavy (non-hydrogen) atoms. The van der Waals surface area contributed by atoms with Crippen molar-refractivity contribution in [1.82, 2.24) is 15.2 Å². The fourth-order valence-electron chi connectivity index (χ4n) is 1.80. The first-order valence-electron chi connectivity index (χ1n) is 6.02. The van der Waals surface area contributed by atoms with Gasteiger partial charge in [0.05, 0.1) is 13.7 Å². The molecule has 4 amide bonds. The Hall–Kier alpha value is -2.44. The molecule has 2 heterocycles. The number of barbiturate groups is 1. The van der Waals surface area contributed by atoms with Crippen molar-refractivity contribution < 1.29 is 19.1 Å². The lowest BCUT2D eigenvalue weighted by Gasteiger charge is -2.34. The largest absolute Gasteiger partial charge is 0.481 e. The summed E-state index contributed by atoms with van der Waals surface area (Å²) in [5.41, 5.74) is -0.590. The van der Waals surface area contributed by atoms with Crippen LogP contribution in [0.2, 0.25) is 0 Å². The van der Waals surface area contributed by atoms with Gasteiger partial charge in [0, 0.05) is 12.3 Å². The van der Waals surface area contributed by atoms with E-state index < -0.39 is 23.3 Å². The predicted octanol–water partition coefficient (Wildman–Crippen LogP) is 0.695. The van der Waals surface area contributed by atoms with Crippen LogP contribution in [0.4, 0.5) is 4.79 Å². The Balaban J connectivity index is 2.20. The van der Waals surface area contributed by atoms with Gasteiger partial charge in [0.25, 0.3) is 0 Å². The van der Waals surface area contributed by atoms with Crippen LogP contribution in [0.1, 0.15) is 19.4 Å². The van der Waals surface area contributed by atoms with Gasteiger partial charge in [-0.1, -0.05) is 6.07 Å². The molecule has 1 aliphatic heterocycles. The van der Waals surface area contributed by atoms with Gasteiger partial charge in [-0.2, -0.15) is 0 Å². The van der Waals surface area contributed by atoms with Crippen molar-refractivity contribution in [2.75, 3.05) is 7.11 Å². The molecule has 7 nitrogen and oxygen atoms in total. The van der Waals surface area contributed by atoms with E-state index in [1.54, 1.807) is 12.1 Å². The molecular weight excluding hydrogens is 262 g/mol. The number of urea groups is 1. The lowest BCUT2D eigenvalue weighted by atomic mass is 9.88. The number of ether oxygens (including phenoxy) is 1. The summed E-state index contributed by atoms with van der Waals surface area (Å²) >= 11 is 0. The molecule has 0 unspecified atom stereocenters. The van der Waals surface area contributed by atoms with Gasteiger partial charge in [-0.05, 0) is 19.4 Å². The number of imide groups is 2. The first-order valence-corrected chi connectivity index (χ1v) is 6.02. The van der Waals surface area contributed by atoms with Crippen molar-refractivity contribution in [3.63, 3.8) is 0 Å². The number of hydrogen-bond donors (Lipinski definition) is 1. The number of nitrogens with zero attached hydrogens (tertiary/aromatic N) is 2. The van der Waals surface area contributed by atoms with Crippen LogP contribution in [0.3, 0.4) is 0 Å². The number of methoxy groups -OCH3 is 1. The van der Waals surface area contributed by atoms with Crippen molar-refractivity contribution in [3.05, 3.63) is 23.9 Å². The number of carbonyl (C=O) groups excluding carboxylic acids is 3. The first-order chi connectivity index (χ1) is 9.36. The number of rotatable bonds is 3. The van der Waals surface area contributed by atoms with E-state index in [1.807, 2.05) is 0 Å². The molecule has 106 valence electrons. The van der Waals surface area contributed by atoms with Gasteiger partial charge in [-0.3, -0.25) is 19.8 Å². The van der Waals surface area contributed by atoms with E-state index in [9.17, 15) is 14.4 Å². The van der Waals surface area contributed by atoms with Crippen LogP contribution >= 0.6 is 0 Å². The normalized spacial score (nSPS) is 17.9. The quantitative estimate of drug-likeness (QED) is 0.821. The Morgan fingerprint density at radius 2 is 2.00 bits per heavy atom. The summed E-state index contributed by atoms with van der Waals surface area (Å²) in [6.07, 6.45) is 1.52. The molecule has 1 saturated heterocycles. The molecule has 1 fully saturated rings. The van der Waals surface area contributed by atoms with Crippen molar-refractivity contribution in [1.29, 1.82) is 0 Å². The monoisotopic (exact) mass is 277 g/mol. The summed E-state index contributed by atoms with van der Waals surface area (Å²) in [6.45, 7) is 3.02. The molecule has 7 heteroatoms. The Kier molecular flexibility index (Phi) is 3.44. The second-order valence-electron chi connectivity index (χ2n) is 4.98. The third-order valence-electron chi connectivity index (χ3n) is 3.16. The summed E-state index contributed by atoms with van der Waals surface area (Å²) in [5, 5.41) is 2.17. The lowest BCUT2D eigenvalue weighted by molar-refractivity contribution is -0.149. The van der Waals surface area contributed by atoms with Crippen molar-refractivity contribution in [3.8, 4) is 5.88 Å². The second-order valence-corrected chi connectivity index (χ2v) is 4.98. The van der Waals surface area contributed by atoms with E-state index in [1.165, 1.54) is 27.2 Å². The van der Waals surface area contributed by atoms with Crippen LogP contribution < -0.4 is 10.1 Å². The SMILES string of the molecule is COc1ccc(CN2C(=O)NC(=O)C(C)(C)C2=O)cn1. The average molecular weight is 277 g/mol. The van der Waals surface area contributed by atoms with Crippen molar-refractivity contribution in [2.24, 2.45) is 5.41 Å². The van der Waals surface area contributed by atoms with Gasteiger partial charge in [0.1, 0.15) is 5.41 Å². The van der Waals surface area contributed by atoms with Crippen LogP contribution in [-0.4, -0.2) is 34.8 Å². The predicted molar refractivity (Wildman–Crippen MR) is 68.7 cm³/mol. The minimum atomic E-state index is -1.26. The zero-order chi connectivity index (χ0) is 14.9. The number of hydrogen-bond acceptors (Lipinski definition) is 5.